The molecule has 0 radical (unpaired) electrons. The summed E-state index contributed by atoms with van der Waals surface area (Å²) in [6, 6.07) is 0. The lowest BCUT2D eigenvalue weighted by atomic mass is 9.96. The smallest absolute Gasteiger partial charge is 0.303 e. The molecule has 0 aromatic rings. The van der Waals surface area contributed by atoms with Crippen LogP contribution in [0.2, 0.25) is 0 Å². The summed E-state index contributed by atoms with van der Waals surface area (Å²) in [6.45, 7) is 2.96. The van der Waals surface area contributed by atoms with Gasteiger partial charge in [-0.1, -0.05) is 0 Å². The SMILES string of the molecule is CC(=O)OCC1O[C@H](OC2C(O)[C@@H](O)OC(CO)[C@H]2O)C(OC(C)=O)C(OC(C)=O)[C@@H]1OC(C)=O. The molecule has 15 nitrogen and oxygen atoms in total. The van der Waals surface area contributed by atoms with Gasteiger partial charge in [0.05, 0.1) is 6.61 Å². The van der Waals surface area contributed by atoms with E-state index < -0.39 is 98.5 Å². The van der Waals surface area contributed by atoms with Crippen LogP contribution in [0.4, 0.5) is 0 Å². The summed E-state index contributed by atoms with van der Waals surface area (Å²) in [6.07, 6.45) is -16.0. The van der Waals surface area contributed by atoms with Crippen molar-refractivity contribution in [3.05, 3.63) is 0 Å². The van der Waals surface area contributed by atoms with E-state index in [-0.39, 0.29) is 0 Å². The van der Waals surface area contributed by atoms with Crippen molar-refractivity contribution in [2.75, 3.05) is 13.2 Å². The first-order valence-electron chi connectivity index (χ1n) is 10.6. The van der Waals surface area contributed by atoms with E-state index in [4.69, 9.17) is 33.2 Å². The van der Waals surface area contributed by atoms with Crippen molar-refractivity contribution in [3.8, 4) is 0 Å². The molecule has 15 heteroatoms. The van der Waals surface area contributed by atoms with E-state index in [1.807, 2.05) is 0 Å². The molecule has 2 fully saturated rings. The fraction of sp³-hybridized carbons (Fsp3) is 0.800. The van der Waals surface area contributed by atoms with Crippen molar-refractivity contribution in [2.45, 2.75) is 89.1 Å². The minimum absolute atomic E-state index is 0.515. The van der Waals surface area contributed by atoms with Crippen molar-refractivity contribution < 1.29 is 72.8 Å². The van der Waals surface area contributed by atoms with Crippen LogP contribution in [-0.4, -0.2) is 119 Å². The van der Waals surface area contributed by atoms with E-state index in [1.54, 1.807) is 0 Å². The highest BCUT2D eigenvalue weighted by Gasteiger charge is 2.55. The highest BCUT2D eigenvalue weighted by Crippen LogP contribution is 2.33. The summed E-state index contributed by atoms with van der Waals surface area (Å²) >= 11 is 0. The normalized spacial score (nSPS) is 37.1. The first kappa shape index (κ1) is 28.8. The third kappa shape index (κ3) is 7.54. The van der Waals surface area contributed by atoms with Crippen LogP contribution in [0.3, 0.4) is 0 Å². The molecule has 200 valence electrons. The van der Waals surface area contributed by atoms with Gasteiger partial charge in [0.25, 0.3) is 0 Å². The highest BCUT2D eigenvalue weighted by atomic mass is 16.7. The largest absolute Gasteiger partial charge is 0.463 e. The molecule has 0 bridgehead atoms. The molecular formula is C20H30O15. The third-order valence-corrected chi connectivity index (χ3v) is 5.08. The lowest BCUT2D eigenvalue weighted by molar-refractivity contribution is -0.357. The van der Waals surface area contributed by atoms with Crippen LogP contribution in [0.15, 0.2) is 0 Å². The van der Waals surface area contributed by atoms with Gasteiger partial charge in [0.2, 0.25) is 0 Å². The molecule has 10 atom stereocenters. The number of hydrogen-bond acceptors (Lipinski definition) is 15. The van der Waals surface area contributed by atoms with Crippen molar-refractivity contribution in [2.24, 2.45) is 0 Å². The molecule has 2 heterocycles. The van der Waals surface area contributed by atoms with Crippen LogP contribution in [0.25, 0.3) is 0 Å². The Bertz CT molecular complexity index is 772. The molecule has 2 aliphatic rings. The Morgan fingerprint density at radius 2 is 1.23 bits per heavy atom. The Hall–Kier alpha value is -2.40. The highest BCUT2D eigenvalue weighted by molar-refractivity contribution is 5.68. The van der Waals surface area contributed by atoms with Crippen LogP contribution in [-0.2, 0) is 52.3 Å². The van der Waals surface area contributed by atoms with Crippen LogP contribution < -0.4 is 0 Å². The fourth-order valence-electron chi connectivity index (χ4n) is 3.68. The molecule has 6 unspecified atom stereocenters. The zero-order valence-electron chi connectivity index (χ0n) is 19.5. The van der Waals surface area contributed by atoms with Gasteiger partial charge in [0.15, 0.2) is 30.9 Å². The van der Waals surface area contributed by atoms with E-state index in [0.29, 0.717) is 0 Å². The van der Waals surface area contributed by atoms with E-state index in [0.717, 1.165) is 27.7 Å². The standard InChI is InChI=1S/C20H30O15/c1-7(22)29-6-12-15(30-8(2)23)17(31-9(3)24)18(32-10(4)25)20(34-12)35-16-13(26)11(5-21)33-19(28)14(16)27/h11-21,26-28H,5-6H2,1-4H3/t11?,12?,13-,14?,15-,16?,17?,18?,19+,20-/m1/s1. The second-order valence-electron chi connectivity index (χ2n) is 7.90. The summed E-state index contributed by atoms with van der Waals surface area (Å²) in [5.74, 6) is -3.29. The number of ether oxygens (including phenoxy) is 7. The minimum atomic E-state index is -1.87. The van der Waals surface area contributed by atoms with Gasteiger partial charge in [-0.25, -0.2) is 0 Å². The Morgan fingerprint density at radius 1 is 0.686 bits per heavy atom. The molecule has 0 aliphatic carbocycles. The Kier molecular flexibility index (Phi) is 10.3. The van der Waals surface area contributed by atoms with Gasteiger partial charge in [0.1, 0.15) is 37.1 Å². The van der Waals surface area contributed by atoms with E-state index in [9.17, 15) is 39.6 Å². The lowest BCUT2D eigenvalue weighted by Gasteiger charge is -2.47. The van der Waals surface area contributed by atoms with Crippen LogP contribution >= 0.6 is 0 Å². The van der Waals surface area contributed by atoms with Crippen LogP contribution in [0.5, 0.6) is 0 Å². The fourth-order valence-corrected chi connectivity index (χ4v) is 3.68. The number of rotatable bonds is 8. The van der Waals surface area contributed by atoms with Crippen molar-refractivity contribution in [1.29, 1.82) is 0 Å². The number of aliphatic hydroxyl groups excluding tert-OH is 4. The van der Waals surface area contributed by atoms with E-state index in [2.05, 4.69) is 0 Å². The quantitative estimate of drug-likeness (QED) is 0.188. The van der Waals surface area contributed by atoms with Gasteiger partial charge in [-0.2, -0.15) is 0 Å². The molecular weight excluding hydrogens is 480 g/mol. The molecule has 35 heavy (non-hydrogen) atoms. The molecule has 0 aromatic heterocycles. The molecule has 4 N–H and O–H groups in total. The summed E-state index contributed by atoms with van der Waals surface area (Å²) in [4.78, 5) is 46.8. The average molecular weight is 510 g/mol. The van der Waals surface area contributed by atoms with Gasteiger partial charge in [-0.3, -0.25) is 19.2 Å². The van der Waals surface area contributed by atoms with Gasteiger partial charge in [0, 0.05) is 27.7 Å². The van der Waals surface area contributed by atoms with Gasteiger partial charge in [-0.15, -0.1) is 0 Å². The first-order valence-corrected chi connectivity index (χ1v) is 10.6. The second kappa shape index (κ2) is 12.5. The molecule has 0 aromatic carbocycles. The van der Waals surface area contributed by atoms with Crippen LogP contribution in [0.1, 0.15) is 27.7 Å². The number of aliphatic hydroxyl groups is 4. The third-order valence-electron chi connectivity index (χ3n) is 5.08. The van der Waals surface area contributed by atoms with Gasteiger partial charge in [-0.05, 0) is 0 Å². The topological polar surface area (TPSA) is 214 Å². The summed E-state index contributed by atoms with van der Waals surface area (Å²) in [5, 5.41) is 40.1. The summed E-state index contributed by atoms with van der Waals surface area (Å²) in [7, 11) is 0. The van der Waals surface area contributed by atoms with Crippen molar-refractivity contribution in [3.63, 3.8) is 0 Å². The predicted octanol–water partition coefficient (Wildman–Crippen LogP) is -3.11. The number of carbonyl (C=O) groups is 4. The monoisotopic (exact) mass is 510 g/mol. The molecule has 2 saturated heterocycles. The molecule has 0 amide bonds. The Labute approximate surface area is 199 Å². The van der Waals surface area contributed by atoms with Crippen LogP contribution in [0, 0.1) is 0 Å². The molecule has 0 saturated carbocycles. The second-order valence-corrected chi connectivity index (χ2v) is 7.90. The number of hydrogen-bond donors (Lipinski definition) is 4. The maximum atomic E-state index is 11.8. The Balaban J connectivity index is 2.46. The summed E-state index contributed by atoms with van der Waals surface area (Å²) < 4.78 is 36.9. The maximum Gasteiger partial charge on any atom is 0.303 e. The average Bonchev–Trinajstić information content (AvgIpc) is 2.75. The molecule has 2 rings (SSSR count). The maximum absolute atomic E-state index is 11.8. The predicted molar refractivity (Wildman–Crippen MR) is 107 cm³/mol. The molecule has 2 aliphatic heterocycles. The van der Waals surface area contributed by atoms with Gasteiger partial charge < -0.3 is 53.6 Å². The van der Waals surface area contributed by atoms with E-state index >= 15 is 0 Å². The number of esters is 4. The van der Waals surface area contributed by atoms with E-state index in [1.165, 1.54) is 0 Å². The number of carbonyl (C=O) groups excluding carboxylic acids is 4. The van der Waals surface area contributed by atoms with Crippen molar-refractivity contribution >= 4 is 23.9 Å². The van der Waals surface area contributed by atoms with Gasteiger partial charge >= 0.3 is 23.9 Å². The molecule has 0 spiro atoms. The first-order chi connectivity index (χ1) is 16.3. The minimum Gasteiger partial charge on any atom is -0.463 e. The Morgan fingerprint density at radius 3 is 1.74 bits per heavy atom. The zero-order valence-corrected chi connectivity index (χ0v) is 19.5. The zero-order chi connectivity index (χ0) is 26.4. The van der Waals surface area contributed by atoms with Crippen molar-refractivity contribution in [1.82, 2.24) is 0 Å². The summed E-state index contributed by atoms with van der Waals surface area (Å²) in [5.41, 5.74) is 0. The lowest BCUT2D eigenvalue weighted by Crippen LogP contribution is -2.66.